The van der Waals surface area contributed by atoms with E-state index >= 15 is 0 Å². The molecule has 0 N–H and O–H groups in total. The van der Waals surface area contributed by atoms with E-state index in [1.165, 1.54) is 0 Å². The van der Waals surface area contributed by atoms with Gasteiger partial charge in [-0.1, -0.05) is 19.1 Å². The van der Waals surface area contributed by atoms with E-state index in [0.29, 0.717) is 5.25 Å². The van der Waals surface area contributed by atoms with Crippen molar-refractivity contribution in [3.8, 4) is 5.75 Å². The van der Waals surface area contributed by atoms with Crippen LogP contribution in [0.3, 0.4) is 0 Å². The minimum atomic E-state index is 0.676. The summed E-state index contributed by atoms with van der Waals surface area (Å²) in [5.74, 6) is 0.937. The lowest BCUT2D eigenvalue weighted by Crippen LogP contribution is -2.04. The Bertz CT molecular complexity index is 223. The third-order valence-corrected chi connectivity index (χ3v) is 2.92. The zero-order chi connectivity index (χ0) is 9.52. The monoisotopic (exact) mass is 195 g/mol. The number of ether oxygens (including phenoxy) is 1. The van der Waals surface area contributed by atoms with Crippen LogP contribution in [0.1, 0.15) is 13.3 Å². The molecule has 0 bridgehead atoms. The highest BCUT2D eigenvalue weighted by Gasteiger charge is 1.98. The molecule has 0 saturated carbocycles. The minimum absolute atomic E-state index is 0.676. The normalized spacial score (nSPS) is 12.5. The summed E-state index contributed by atoms with van der Waals surface area (Å²) in [5.41, 5.74) is 0. The molecule has 0 fully saturated rings. The highest BCUT2D eigenvalue weighted by atomic mass is 32.2. The van der Waals surface area contributed by atoms with Gasteiger partial charge in [0.05, 0.1) is 6.61 Å². The van der Waals surface area contributed by atoms with Crippen LogP contribution in [-0.2, 0) is 0 Å². The van der Waals surface area contributed by atoms with E-state index in [0.717, 1.165) is 18.8 Å². The summed E-state index contributed by atoms with van der Waals surface area (Å²) in [7, 11) is 0. The Kier molecular flexibility index (Phi) is 4.76. The molecule has 0 amide bonds. The van der Waals surface area contributed by atoms with Crippen LogP contribution in [0.25, 0.3) is 0 Å². The lowest BCUT2D eigenvalue weighted by atomic mass is 10.3. The molecule has 1 aromatic carbocycles. The Morgan fingerprint density at radius 2 is 2.15 bits per heavy atom. The molecular formula is C11H15OS. The fraction of sp³-hybridized carbons (Fsp3) is 0.455. The Morgan fingerprint density at radius 3 is 2.77 bits per heavy atom. The zero-order valence-electron chi connectivity index (χ0n) is 8.12. The van der Waals surface area contributed by atoms with Gasteiger partial charge in [-0.2, -0.15) is 11.8 Å². The van der Waals surface area contributed by atoms with E-state index in [1.54, 1.807) is 0 Å². The highest BCUT2D eigenvalue weighted by Crippen LogP contribution is 2.12. The molecule has 0 aliphatic heterocycles. The van der Waals surface area contributed by atoms with Gasteiger partial charge < -0.3 is 4.74 Å². The van der Waals surface area contributed by atoms with Crippen molar-refractivity contribution >= 4 is 11.8 Å². The highest BCUT2D eigenvalue weighted by molar-refractivity contribution is 7.99. The van der Waals surface area contributed by atoms with Gasteiger partial charge >= 0.3 is 0 Å². The smallest absolute Gasteiger partial charge is 0.119 e. The van der Waals surface area contributed by atoms with Crippen LogP contribution in [-0.4, -0.2) is 18.1 Å². The summed E-state index contributed by atoms with van der Waals surface area (Å²) in [6, 6.07) is 10.6. The minimum Gasteiger partial charge on any atom is -0.494 e. The van der Waals surface area contributed by atoms with Gasteiger partial charge in [0.2, 0.25) is 0 Å². The molecule has 2 heteroatoms. The summed E-state index contributed by atoms with van der Waals surface area (Å²) in [6.45, 7) is 3.01. The van der Waals surface area contributed by atoms with Crippen LogP contribution >= 0.6 is 11.8 Å². The summed E-state index contributed by atoms with van der Waals surface area (Å²) >= 11 is 1.87. The van der Waals surface area contributed by atoms with Crippen molar-refractivity contribution in [2.24, 2.45) is 0 Å². The first kappa shape index (κ1) is 10.5. The topological polar surface area (TPSA) is 9.23 Å². The second kappa shape index (κ2) is 5.92. The second-order valence-corrected chi connectivity index (χ2v) is 4.20. The predicted octanol–water partition coefficient (Wildman–Crippen LogP) is 3.01. The SMILES string of the molecule is CSC(C)CCOc1cc[c]cc1. The standard InChI is InChI=1S/C11H15OS/c1-10(13-2)8-9-12-11-6-4-3-5-7-11/h4-7,10H,8-9H2,1-2H3. The third kappa shape index (κ3) is 4.23. The van der Waals surface area contributed by atoms with Gasteiger partial charge in [0.15, 0.2) is 0 Å². The zero-order valence-corrected chi connectivity index (χ0v) is 8.93. The maximum atomic E-state index is 5.55. The van der Waals surface area contributed by atoms with Gasteiger partial charge in [0.25, 0.3) is 0 Å². The molecule has 0 aliphatic carbocycles. The fourth-order valence-electron chi connectivity index (χ4n) is 0.928. The van der Waals surface area contributed by atoms with Gasteiger partial charge in [-0.25, -0.2) is 0 Å². The molecule has 13 heavy (non-hydrogen) atoms. The molecular weight excluding hydrogens is 180 g/mol. The number of hydrogen-bond donors (Lipinski definition) is 0. The summed E-state index contributed by atoms with van der Waals surface area (Å²) in [5, 5.41) is 0.676. The molecule has 71 valence electrons. The summed E-state index contributed by atoms with van der Waals surface area (Å²) in [4.78, 5) is 0. The molecule has 1 rings (SSSR count). The maximum Gasteiger partial charge on any atom is 0.119 e. The molecule has 1 radical (unpaired) electrons. The van der Waals surface area contributed by atoms with Crippen LogP contribution in [0.15, 0.2) is 24.3 Å². The quantitative estimate of drug-likeness (QED) is 0.714. The number of rotatable bonds is 5. The van der Waals surface area contributed by atoms with Crippen molar-refractivity contribution < 1.29 is 4.74 Å². The van der Waals surface area contributed by atoms with E-state index in [-0.39, 0.29) is 0 Å². The fourth-order valence-corrected chi connectivity index (χ4v) is 1.26. The maximum absolute atomic E-state index is 5.55. The molecule has 1 nitrogen and oxygen atoms in total. The van der Waals surface area contributed by atoms with Gasteiger partial charge in [-0.15, -0.1) is 0 Å². The number of thioether (sulfide) groups is 1. The van der Waals surface area contributed by atoms with Gasteiger partial charge in [0.1, 0.15) is 5.75 Å². The van der Waals surface area contributed by atoms with Crippen molar-refractivity contribution in [1.29, 1.82) is 0 Å². The lowest BCUT2D eigenvalue weighted by Gasteiger charge is -2.09. The van der Waals surface area contributed by atoms with Gasteiger partial charge in [0, 0.05) is 5.25 Å². The van der Waals surface area contributed by atoms with Crippen molar-refractivity contribution in [3.05, 3.63) is 30.3 Å². The van der Waals surface area contributed by atoms with Crippen LogP contribution in [0.2, 0.25) is 0 Å². The lowest BCUT2D eigenvalue weighted by molar-refractivity contribution is 0.311. The van der Waals surface area contributed by atoms with Crippen molar-refractivity contribution in [2.45, 2.75) is 18.6 Å². The van der Waals surface area contributed by atoms with E-state index < -0.39 is 0 Å². The number of benzene rings is 1. The molecule has 0 spiro atoms. The average Bonchev–Trinajstić information content (AvgIpc) is 2.19. The van der Waals surface area contributed by atoms with Crippen molar-refractivity contribution in [1.82, 2.24) is 0 Å². The second-order valence-electron chi connectivity index (χ2n) is 2.92. The number of hydrogen-bond acceptors (Lipinski definition) is 2. The molecule has 0 aliphatic rings. The Labute approximate surface area is 84.5 Å². The summed E-state index contributed by atoms with van der Waals surface area (Å²) in [6.07, 6.45) is 3.22. The van der Waals surface area contributed by atoms with Crippen LogP contribution < -0.4 is 4.74 Å². The Morgan fingerprint density at radius 1 is 1.46 bits per heavy atom. The molecule has 1 atom stereocenters. The van der Waals surface area contributed by atoms with E-state index in [4.69, 9.17) is 4.74 Å². The average molecular weight is 195 g/mol. The largest absolute Gasteiger partial charge is 0.494 e. The molecule has 1 unspecified atom stereocenters. The molecule has 0 heterocycles. The van der Waals surface area contributed by atoms with E-state index in [1.807, 2.05) is 36.0 Å². The molecule has 0 aromatic heterocycles. The first-order chi connectivity index (χ1) is 6.33. The van der Waals surface area contributed by atoms with Crippen LogP contribution in [0.4, 0.5) is 0 Å². The van der Waals surface area contributed by atoms with Crippen molar-refractivity contribution in [2.75, 3.05) is 12.9 Å². The van der Waals surface area contributed by atoms with E-state index in [9.17, 15) is 0 Å². The summed E-state index contributed by atoms with van der Waals surface area (Å²) < 4.78 is 5.55. The molecule has 1 aromatic rings. The van der Waals surface area contributed by atoms with Crippen molar-refractivity contribution in [3.63, 3.8) is 0 Å². The van der Waals surface area contributed by atoms with Gasteiger partial charge in [-0.05, 0) is 30.9 Å². The first-order valence-corrected chi connectivity index (χ1v) is 5.73. The van der Waals surface area contributed by atoms with Gasteiger partial charge in [-0.3, -0.25) is 0 Å². The van der Waals surface area contributed by atoms with Crippen LogP contribution in [0, 0.1) is 6.07 Å². The Balaban J connectivity index is 2.20. The Hall–Kier alpha value is -0.630. The predicted molar refractivity (Wildman–Crippen MR) is 58.4 cm³/mol. The third-order valence-electron chi connectivity index (χ3n) is 1.88. The molecule has 0 saturated heterocycles. The van der Waals surface area contributed by atoms with Crippen LogP contribution in [0.5, 0.6) is 5.75 Å². The first-order valence-electron chi connectivity index (χ1n) is 4.44. The van der Waals surface area contributed by atoms with E-state index in [2.05, 4.69) is 19.2 Å².